The van der Waals surface area contributed by atoms with Crippen molar-refractivity contribution in [3.8, 4) is 0 Å². The van der Waals surface area contributed by atoms with Crippen LogP contribution in [0.3, 0.4) is 0 Å². The van der Waals surface area contributed by atoms with Gasteiger partial charge in [0.2, 0.25) is 5.90 Å². The molecule has 0 spiro atoms. The summed E-state index contributed by atoms with van der Waals surface area (Å²) < 4.78 is 18.6. The summed E-state index contributed by atoms with van der Waals surface area (Å²) in [5.41, 5.74) is 0.739. The number of carboxylic acids is 1. The van der Waals surface area contributed by atoms with Crippen molar-refractivity contribution in [2.75, 3.05) is 0 Å². The summed E-state index contributed by atoms with van der Waals surface area (Å²) in [6, 6.07) is 6.02. The molecule has 1 aliphatic carbocycles. The van der Waals surface area contributed by atoms with E-state index in [0.717, 1.165) is 12.0 Å². The van der Waals surface area contributed by atoms with Crippen LogP contribution in [-0.4, -0.2) is 29.1 Å². The largest absolute Gasteiger partial charge is 0.481 e. The fourth-order valence-corrected chi connectivity index (χ4v) is 2.67. The summed E-state index contributed by atoms with van der Waals surface area (Å²) in [6.45, 7) is 0. The molecule has 1 heterocycles. The van der Waals surface area contributed by atoms with Gasteiger partial charge in [-0.3, -0.25) is 4.79 Å². The van der Waals surface area contributed by atoms with E-state index >= 15 is 0 Å². The van der Waals surface area contributed by atoms with Crippen LogP contribution in [0.5, 0.6) is 0 Å². The first-order valence-electron chi connectivity index (χ1n) is 6.36. The minimum Gasteiger partial charge on any atom is -0.481 e. The zero-order valence-corrected chi connectivity index (χ0v) is 10.3. The van der Waals surface area contributed by atoms with Crippen LogP contribution in [-0.2, 0) is 9.53 Å². The Hall–Kier alpha value is -1.91. The summed E-state index contributed by atoms with van der Waals surface area (Å²) in [6.07, 6.45) is 1.70. The molecule has 19 heavy (non-hydrogen) atoms. The molecule has 3 atom stereocenters. The van der Waals surface area contributed by atoms with Crippen molar-refractivity contribution in [1.29, 1.82) is 0 Å². The van der Waals surface area contributed by atoms with Gasteiger partial charge in [-0.25, -0.2) is 9.38 Å². The number of carboxylic acid groups (broad SMARTS) is 1. The molecule has 4 nitrogen and oxygen atoms in total. The predicted molar refractivity (Wildman–Crippen MR) is 66.6 cm³/mol. The van der Waals surface area contributed by atoms with Crippen molar-refractivity contribution in [2.24, 2.45) is 10.9 Å². The summed E-state index contributed by atoms with van der Waals surface area (Å²) in [4.78, 5) is 15.5. The van der Waals surface area contributed by atoms with E-state index in [4.69, 9.17) is 9.84 Å². The van der Waals surface area contributed by atoms with Gasteiger partial charge in [0.05, 0.1) is 12.0 Å². The van der Waals surface area contributed by atoms with Crippen molar-refractivity contribution < 1.29 is 19.0 Å². The number of aliphatic carboxylic acids is 1. The lowest BCUT2D eigenvalue weighted by atomic mass is 9.84. The van der Waals surface area contributed by atoms with Gasteiger partial charge in [0, 0.05) is 5.56 Å². The number of halogens is 1. The fraction of sp³-hybridized carbons (Fsp3) is 0.429. The van der Waals surface area contributed by atoms with Crippen LogP contribution >= 0.6 is 0 Å². The Balaban J connectivity index is 1.75. The van der Waals surface area contributed by atoms with Gasteiger partial charge in [0.1, 0.15) is 11.9 Å². The number of ether oxygens (including phenoxy) is 1. The van der Waals surface area contributed by atoms with E-state index in [1.54, 1.807) is 12.1 Å². The average Bonchev–Trinajstić information content (AvgIpc) is 2.82. The number of nitrogens with zero attached hydrogens (tertiary/aromatic N) is 1. The third-order valence-electron chi connectivity index (χ3n) is 3.74. The van der Waals surface area contributed by atoms with E-state index in [-0.39, 0.29) is 23.9 Å². The molecule has 0 radical (unpaired) electrons. The monoisotopic (exact) mass is 263 g/mol. The van der Waals surface area contributed by atoms with Crippen LogP contribution in [0.4, 0.5) is 4.39 Å². The molecule has 5 heteroatoms. The fourth-order valence-electron chi connectivity index (χ4n) is 2.67. The Morgan fingerprint density at radius 3 is 2.74 bits per heavy atom. The van der Waals surface area contributed by atoms with Gasteiger partial charge >= 0.3 is 5.97 Å². The SMILES string of the molecule is O=C(O)C1CCC2N=C(c3ccc(F)cc3)OC2C1. The molecule has 1 aromatic rings. The highest BCUT2D eigenvalue weighted by Gasteiger charge is 2.39. The highest BCUT2D eigenvalue weighted by Crippen LogP contribution is 2.33. The lowest BCUT2D eigenvalue weighted by molar-refractivity contribution is -0.143. The number of aliphatic imine (C=N–C) groups is 1. The average molecular weight is 263 g/mol. The first-order chi connectivity index (χ1) is 9.13. The highest BCUT2D eigenvalue weighted by molar-refractivity contribution is 5.95. The molecule has 3 unspecified atom stereocenters. The molecular weight excluding hydrogens is 249 g/mol. The molecule has 0 bridgehead atoms. The summed E-state index contributed by atoms with van der Waals surface area (Å²) >= 11 is 0. The Kier molecular flexibility index (Phi) is 2.97. The molecule has 3 rings (SSSR count). The molecule has 0 aromatic heterocycles. The van der Waals surface area contributed by atoms with Crippen molar-refractivity contribution in [2.45, 2.75) is 31.4 Å². The maximum atomic E-state index is 12.9. The maximum absolute atomic E-state index is 12.9. The van der Waals surface area contributed by atoms with E-state index in [1.807, 2.05) is 0 Å². The van der Waals surface area contributed by atoms with Crippen molar-refractivity contribution in [3.63, 3.8) is 0 Å². The van der Waals surface area contributed by atoms with Gasteiger partial charge in [-0.05, 0) is 43.5 Å². The minimum atomic E-state index is -0.766. The van der Waals surface area contributed by atoms with Gasteiger partial charge in [-0.1, -0.05) is 0 Å². The molecule has 1 saturated carbocycles. The molecule has 0 amide bonds. The molecule has 1 fully saturated rings. The third-order valence-corrected chi connectivity index (χ3v) is 3.74. The molecule has 1 N–H and O–H groups in total. The minimum absolute atomic E-state index is 0.0376. The van der Waals surface area contributed by atoms with Gasteiger partial charge in [-0.15, -0.1) is 0 Å². The highest BCUT2D eigenvalue weighted by atomic mass is 19.1. The zero-order valence-electron chi connectivity index (χ0n) is 10.3. The van der Waals surface area contributed by atoms with Crippen molar-refractivity contribution in [1.82, 2.24) is 0 Å². The molecule has 1 aliphatic heterocycles. The van der Waals surface area contributed by atoms with E-state index in [9.17, 15) is 9.18 Å². The number of hydrogen-bond donors (Lipinski definition) is 1. The Morgan fingerprint density at radius 1 is 1.32 bits per heavy atom. The third kappa shape index (κ3) is 2.32. The Bertz CT molecular complexity index is 526. The van der Waals surface area contributed by atoms with Crippen molar-refractivity contribution in [3.05, 3.63) is 35.6 Å². The smallest absolute Gasteiger partial charge is 0.306 e. The van der Waals surface area contributed by atoms with Gasteiger partial charge in [0.15, 0.2) is 0 Å². The summed E-state index contributed by atoms with van der Waals surface area (Å²) in [7, 11) is 0. The van der Waals surface area contributed by atoms with Crippen LogP contribution in [0.2, 0.25) is 0 Å². The van der Waals surface area contributed by atoms with Crippen LogP contribution < -0.4 is 0 Å². The number of rotatable bonds is 2. The summed E-state index contributed by atoms with van der Waals surface area (Å²) in [5.74, 6) is -0.909. The second-order valence-corrected chi connectivity index (χ2v) is 5.01. The normalized spacial score (nSPS) is 29.3. The van der Waals surface area contributed by atoms with Gasteiger partial charge in [0.25, 0.3) is 0 Å². The molecule has 1 aromatic carbocycles. The first kappa shape index (κ1) is 12.1. The van der Waals surface area contributed by atoms with E-state index < -0.39 is 5.97 Å². The first-order valence-corrected chi connectivity index (χ1v) is 6.36. The zero-order chi connectivity index (χ0) is 13.4. The number of hydrogen-bond acceptors (Lipinski definition) is 3. The Labute approximate surface area is 109 Å². The lowest BCUT2D eigenvalue weighted by Crippen LogP contribution is -2.34. The lowest BCUT2D eigenvalue weighted by Gasteiger charge is -2.26. The topological polar surface area (TPSA) is 58.9 Å². The van der Waals surface area contributed by atoms with Crippen LogP contribution in [0, 0.1) is 11.7 Å². The van der Waals surface area contributed by atoms with Gasteiger partial charge < -0.3 is 9.84 Å². The molecule has 100 valence electrons. The second-order valence-electron chi connectivity index (χ2n) is 5.01. The van der Waals surface area contributed by atoms with E-state index in [2.05, 4.69) is 4.99 Å². The van der Waals surface area contributed by atoms with Gasteiger partial charge in [-0.2, -0.15) is 0 Å². The number of fused-ring (bicyclic) bond motifs is 1. The van der Waals surface area contributed by atoms with Crippen LogP contribution in [0.15, 0.2) is 29.3 Å². The predicted octanol–water partition coefficient (Wildman–Crippen LogP) is 2.22. The van der Waals surface area contributed by atoms with E-state index in [1.165, 1.54) is 12.1 Å². The van der Waals surface area contributed by atoms with Crippen molar-refractivity contribution >= 4 is 11.9 Å². The molecular formula is C14H14FNO3. The van der Waals surface area contributed by atoms with Crippen LogP contribution in [0.25, 0.3) is 0 Å². The molecule has 0 saturated heterocycles. The van der Waals surface area contributed by atoms with Crippen LogP contribution in [0.1, 0.15) is 24.8 Å². The molecule has 2 aliphatic rings. The number of benzene rings is 1. The maximum Gasteiger partial charge on any atom is 0.306 e. The standard InChI is InChI=1S/C14H14FNO3/c15-10-4-1-8(2-5-10)13-16-11-6-3-9(14(17)18)7-12(11)19-13/h1-2,4-5,9,11-12H,3,6-7H2,(H,17,18). The quantitative estimate of drug-likeness (QED) is 0.890. The number of carbonyl (C=O) groups is 1. The second kappa shape index (κ2) is 4.64. The summed E-state index contributed by atoms with van der Waals surface area (Å²) in [5, 5.41) is 9.04. The van der Waals surface area contributed by atoms with E-state index in [0.29, 0.717) is 18.7 Å². The Morgan fingerprint density at radius 2 is 2.05 bits per heavy atom.